The van der Waals surface area contributed by atoms with Gasteiger partial charge in [-0.1, -0.05) is 0 Å². The van der Waals surface area contributed by atoms with Crippen LogP contribution in [0.25, 0.3) is 9.69 Å². The van der Waals surface area contributed by atoms with Crippen molar-refractivity contribution in [2.75, 3.05) is 24.7 Å². The van der Waals surface area contributed by atoms with Crippen LogP contribution < -0.4 is 4.72 Å². The summed E-state index contributed by atoms with van der Waals surface area (Å²) in [4.78, 5) is 6.81. The molecule has 1 N–H and O–H groups in total. The summed E-state index contributed by atoms with van der Waals surface area (Å²) >= 11 is 0. The lowest BCUT2D eigenvalue weighted by Gasteiger charge is -2.23. The molecule has 0 radical (unpaired) electrons. The lowest BCUT2D eigenvalue weighted by molar-refractivity contribution is 0.0778. The fourth-order valence-corrected chi connectivity index (χ4v) is 6.19. The van der Waals surface area contributed by atoms with Gasteiger partial charge >= 0.3 is 0 Å². The molecule has 1 saturated carbocycles. The number of rotatable bonds is 11. The van der Waals surface area contributed by atoms with E-state index in [-0.39, 0.29) is 37.0 Å². The SMILES string of the molecule is [C-]#[N+]C1CCC(S(=O)(=O)CCCS(=O)(=O)NCCCOC(C)C)CC1[N+]#[C-]. The zero-order valence-electron chi connectivity index (χ0n) is 15.9. The number of sulfonamides is 1. The highest BCUT2D eigenvalue weighted by atomic mass is 32.2. The molecule has 0 heterocycles. The zero-order valence-corrected chi connectivity index (χ0v) is 17.6. The van der Waals surface area contributed by atoms with Crippen LogP contribution in [0.15, 0.2) is 0 Å². The predicted molar refractivity (Wildman–Crippen MR) is 104 cm³/mol. The van der Waals surface area contributed by atoms with Gasteiger partial charge in [0.25, 0.3) is 12.1 Å². The summed E-state index contributed by atoms with van der Waals surface area (Å²) in [6.07, 6.45) is 1.60. The van der Waals surface area contributed by atoms with Crippen LogP contribution in [0, 0.1) is 13.1 Å². The van der Waals surface area contributed by atoms with E-state index in [1.807, 2.05) is 13.8 Å². The van der Waals surface area contributed by atoms with Crippen LogP contribution in [0.1, 0.15) is 46.0 Å². The Balaban J connectivity index is 2.41. The molecule has 0 aromatic rings. The minimum absolute atomic E-state index is 0.0194. The molecule has 8 nitrogen and oxygen atoms in total. The maximum atomic E-state index is 12.5. The second kappa shape index (κ2) is 11.0. The Hall–Kier alpha value is -1.20. The van der Waals surface area contributed by atoms with Gasteiger partial charge in [0.1, 0.15) is 0 Å². The van der Waals surface area contributed by atoms with Gasteiger partial charge in [0.15, 0.2) is 9.84 Å². The van der Waals surface area contributed by atoms with Crippen LogP contribution in [0.3, 0.4) is 0 Å². The number of nitrogens with zero attached hydrogens (tertiary/aromatic N) is 2. The molecule has 1 fully saturated rings. The fraction of sp³-hybridized carbons (Fsp3) is 0.882. The maximum Gasteiger partial charge on any atom is 0.298 e. The van der Waals surface area contributed by atoms with E-state index in [9.17, 15) is 16.8 Å². The second-order valence-electron chi connectivity index (χ2n) is 7.03. The van der Waals surface area contributed by atoms with Gasteiger partial charge in [-0.05, 0) is 33.1 Å². The van der Waals surface area contributed by atoms with Gasteiger partial charge in [0, 0.05) is 26.0 Å². The molecule has 0 aliphatic heterocycles. The van der Waals surface area contributed by atoms with Crippen molar-refractivity contribution in [1.29, 1.82) is 0 Å². The number of nitrogens with one attached hydrogen (secondary N) is 1. The summed E-state index contributed by atoms with van der Waals surface area (Å²) in [5.41, 5.74) is 0. The third kappa shape index (κ3) is 8.56. The topological polar surface area (TPSA) is 98.3 Å². The van der Waals surface area contributed by atoms with Crippen molar-refractivity contribution < 1.29 is 21.6 Å². The Labute approximate surface area is 163 Å². The average Bonchev–Trinajstić information content (AvgIpc) is 2.60. The molecular weight excluding hydrogens is 390 g/mol. The quantitative estimate of drug-likeness (QED) is 0.406. The van der Waals surface area contributed by atoms with Crippen LogP contribution in [-0.2, 0) is 24.6 Å². The van der Waals surface area contributed by atoms with Gasteiger partial charge in [-0.3, -0.25) is 0 Å². The molecule has 10 heteroatoms. The van der Waals surface area contributed by atoms with Crippen LogP contribution in [0.5, 0.6) is 0 Å². The fourth-order valence-electron chi connectivity index (χ4n) is 3.02. The van der Waals surface area contributed by atoms with Gasteiger partial charge in [-0.2, -0.15) is 0 Å². The third-order valence-corrected chi connectivity index (χ3v) is 8.28. The lowest BCUT2D eigenvalue weighted by atomic mass is 9.91. The molecule has 1 aliphatic rings. The molecule has 0 aromatic heterocycles. The highest BCUT2D eigenvalue weighted by Crippen LogP contribution is 2.29. The van der Waals surface area contributed by atoms with Crippen LogP contribution in [-0.4, -0.2) is 64.9 Å². The Bertz CT molecular complexity index is 750. The van der Waals surface area contributed by atoms with Gasteiger partial charge in [-0.25, -0.2) is 34.7 Å². The smallest absolute Gasteiger partial charge is 0.298 e. The number of ether oxygens (including phenoxy) is 1. The van der Waals surface area contributed by atoms with Crippen LogP contribution in [0.2, 0.25) is 0 Å². The van der Waals surface area contributed by atoms with Crippen molar-refractivity contribution >= 4 is 19.9 Å². The first-order valence-electron chi connectivity index (χ1n) is 9.15. The van der Waals surface area contributed by atoms with E-state index in [0.717, 1.165) is 0 Å². The van der Waals surface area contributed by atoms with E-state index < -0.39 is 37.2 Å². The number of hydrogen-bond donors (Lipinski definition) is 1. The molecule has 1 aliphatic carbocycles. The Morgan fingerprint density at radius 2 is 1.70 bits per heavy atom. The normalized spacial score (nSPS) is 23.7. The molecule has 0 aromatic carbocycles. The predicted octanol–water partition coefficient (Wildman–Crippen LogP) is 1.65. The summed E-state index contributed by atoms with van der Waals surface area (Å²) in [7, 11) is -7.00. The Morgan fingerprint density at radius 1 is 1.04 bits per heavy atom. The Morgan fingerprint density at radius 3 is 2.30 bits per heavy atom. The van der Waals surface area contributed by atoms with Gasteiger partial charge in [0.05, 0.1) is 22.9 Å². The van der Waals surface area contributed by atoms with Crippen molar-refractivity contribution in [2.45, 2.75) is 69.4 Å². The van der Waals surface area contributed by atoms with E-state index in [0.29, 0.717) is 25.9 Å². The molecule has 0 saturated heterocycles. The molecule has 0 amide bonds. The minimum Gasteiger partial charge on any atom is -0.379 e. The summed E-state index contributed by atoms with van der Waals surface area (Å²) in [5.74, 6) is -0.469. The molecule has 154 valence electrons. The minimum atomic E-state index is -3.52. The van der Waals surface area contributed by atoms with Crippen LogP contribution >= 0.6 is 0 Å². The first kappa shape index (κ1) is 23.8. The Kier molecular flexibility index (Phi) is 9.68. The largest absolute Gasteiger partial charge is 0.379 e. The molecule has 3 unspecified atom stereocenters. The molecule has 3 atom stereocenters. The number of sulfone groups is 1. The average molecular weight is 420 g/mol. The molecular formula is C17H29N3O5S2. The van der Waals surface area contributed by atoms with Crippen molar-refractivity contribution in [3.05, 3.63) is 22.8 Å². The molecule has 27 heavy (non-hydrogen) atoms. The summed E-state index contributed by atoms with van der Waals surface area (Å²) in [6.45, 7) is 18.8. The van der Waals surface area contributed by atoms with Gasteiger partial charge in [-0.15, -0.1) is 0 Å². The third-order valence-electron chi connectivity index (χ3n) is 4.51. The van der Waals surface area contributed by atoms with Crippen molar-refractivity contribution in [3.8, 4) is 0 Å². The summed E-state index contributed by atoms with van der Waals surface area (Å²) in [5, 5.41) is -0.654. The maximum absolute atomic E-state index is 12.5. The first-order chi connectivity index (χ1) is 12.6. The number of hydrogen-bond acceptors (Lipinski definition) is 5. The highest BCUT2D eigenvalue weighted by molar-refractivity contribution is 7.92. The molecule has 1 rings (SSSR count). The highest BCUT2D eigenvalue weighted by Gasteiger charge is 2.43. The van der Waals surface area contributed by atoms with E-state index in [1.54, 1.807) is 0 Å². The second-order valence-corrected chi connectivity index (χ2v) is 11.4. The lowest BCUT2D eigenvalue weighted by Crippen LogP contribution is -2.38. The van der Waals surface area contributed by atoms with E-state index in [2.05, 4.69) is 14.4 Å². The van der Waals surface area contributed by atoms with Crippen molar-refractivity contribution in [2.24, 2.45) is 0 Å². The zero-order chi connectivity index (χ0) is 20.5. The molecule has 0 spiro atoms. The van der Waals surface area contributed by atoms with Gasteiger partial charge in [0.2, 0.25) is 10.0 Å². The summed E-state index contributed by atoms with van der Waals surface area (Å²) in [6, 6.07) is -1.02. The van der Waals surface area contributed by atoms with Crippen molar-refractivity contribution in [1.82, 2.24) is 4.72 Å². The first-order valence-corrected chi connectivity index (χ1v) is 12.5. The van der Waals surface area contributed by atoms with Crippen LogP contribution in [0.4, 0.5) is 0 Å². The summed E-state index contributed by atoms with van der Waals surface area (Å²) < 4.78 is 56.6. The monoisotopic (exact) mass is 419 g/mol. The van der Waals surface area contributed by atoms with E-state index in [4.69, 9.17) is 17.9 Å². The standard InChI is InChI=1S/C17H29N3O5S2/c1-14(2)25-10-5-9-20-27(23,24)12-6-11-26(21,22)15-7-8-16(18-3)17(13-15)19-4/h14-17,20H,5-13H2,1-2H3. The van der Waals surface area contributed by atoms with E-state index >= 15 is 0 Å². The molecule has 0 bridgehead atoms. The van der Waals surface area contributed by atoms with E-state index in [1.165, 1.54) is 0 Å². The van der Waals surface area contributed by atoms with Gasteiger partial charge < -0.3 is 14.4 Å². The van der Waals surface area contributed by atoms with Crippen molar-refractivity contribution in [3.63, 3.8) is 0 Å².